The van der Waals surface area contributed by atoms with Gasteiger partial charge in [0.05, 0.1) is 47.1 Å². The molecule has 0 amide bonds. The highest BCUT2D eigenvalue weighted by atomic mass is 79.9. The van der Waals surface area contributed by atoms with Crippen LogP contribution < -0.4 is 29.1 Å². The van der Waals surface area contributed by atoms with E-state index in [2.05, 4.69) is 15.9 Å². The molecule has 0 N–H and O–H groups in total. The second kappa shape index (κ2) is 14.6. The van der Waals surface area contributed by atoms with Gasteiger partial charge in [-0.15, -0.1) is 0 Å². The molecule has 1 atom stereocenters. The van der Waals surface area contributed by atoms with Gasteiger partial charge >= 0.3 is 5.97 Å². The average molecular weight is 746 g/mol. The number of methoxy groups -OCH3 is 2. The first kappa shape index (κ1) is 33.3. The van der Waals surface area contributed by atoms with Crippen LogP contribution in [0.1, 0.15) is 35.2 Å². The molecule has 8 nitrogen and oxygen atoms in total. The fourth-order valence-electron chi connectivity index (χ4n) is 5.39. The Bertz CT molecular complexity index is 2180. The van der Waals surface area contributed by atoms with Crippen molar-refractivity contribution in [2.75, 3.05) is 20.8 Å². The molecule has 0 spiro atoms. The highest BCUT2D eigenvalue weighted by Crippen LogP contribution is 2.38. The van der Waals surface area contributed by atoms with Crippen molar-refractivity contribution in [3.05, 3.63) is 148 Å². The molecule has 0 radical (unpaired) electrons. The predicted molar refractivity (Wildman–Crippen MR) is 191 cm³/mol. The predicted octanol–water partition coefficient (Wildman–Crippen LogP) is 6.95. The summed E-state index contributed by atoms with van der Waals surface area (Å²) in [6.45, 7) is 2.22. The maximum atomic E-state index is 14.3. The maximum absolute atomic E-state index is 14.3. The van der Waals surface area contributed by atoms with E-state index in [-0.39, 0.29) is 17.7 Å². The van der Waals surface area contributed by atoms with Crippen molar-refractivity contribution in [3.8, 4) is 17.2 Å². The number of aromatic nitrogens is 1. The summed E-state index contributed by atoms with van der Waals surface area (Å²) in [7, 11) is 3.15. The van der Waals surface area contributed by atoms with Gasteiger partial charge in [0.15, 0.2) is 16.3 Å². The zero-order chi connectivity index (χ0) is 33.8. The largest absolute Gasteiger partial charge is 0.497 e. The second-order valence-electron chi connectivity index (χ2n) is 10.7. The molecular weight excluding hydrogens is 716 g/mol. The summed E-state index contributed by atoms with van der Waals surface area (Å²) in [5.41, 5.74) is 3.53. The normalized spacial score (nSPS) is 14.3. The fourth-order valence-corrected chi connectivity index (χ4v) is 7.09. The maximum Gasteiger partial charge on any atom is 0.338 e. The van der Waals surface area contributed by atoms with Gasteiger partial charge in [0.2, 0.25) is 0 Å². The monoisotopic (exact) mass is 744 g/mol. The van der Waals surface area contributed by atoms with Gasteiger partial charge in [-0.05, 0) is 82.0 Å². The lowest BCUT2D eigenvalue weighted by Crippen LogP contribution is -2.40. The number of nitrogens with zero attached hydrogens (tertiary/aromatic N) is 2. The first-order chi connectivity index (χ1) is 23.3. The molecule has 0 aliphatic carbocycles. The van der Waals surface area contributed by atoms with E-state index in [1.165, 1.54) is 11.3 Å². The summed E-state index contributed by atoms with van der Waals surface area (Å²) in [6, 6.07) is 27.0. The van der Waals surface area contributed by atoms with Crippen LogP contribution in [0.4, 0.5) is 0 Å². The lowest BCUT2D eigenvalue weighted by Gasteiger charge is -2.26. The molecule has 0 saturated heterocycles. The highest BCUT2D eigenvalue weighted by molar-refractivity contribution is 9.10. The van der Waals surface area contributed by atoms with Crippen molar-refractivity contribution in [1.29, 1.82) is 0 Å². The summed E-state index contributed by atoms with van der Waals surface area (Å²) >= 11 is 10.9. The summed E-state index contributed by atoms with van der Waals surface area (Å²) in [4.78, 5) is 33.3. The molecule has 11 heteroatoms. The minimum Gasteiger partial charge on any atom is -0.497 e. The number of halogens is 2. The summed E-state index contributed by atoms with van der Waals surface area (Å²) < 4.78 is 25.4. The molecule has 0 unspecified atom stereocenters. The number of hydrogen-bond donors (Lipinski definition) is 0. The van der Waals surface area contributed by atoms with Gasteiger partial charge < -0.3 is 18.9 Å². The van der Waals surface area contributed by atoms with E-state index >= 15 is 0 Å². The van der Waals surface area contributed by atoms with Crippen LogP contribution in [0.25, 0.3) is 11.8 Å². The van der Waals surface area contributed by atoms with Crippen LogP contribution in [-0.4, -0.2) is 31.4 Å². The van der Waals surface area contributed by atoms with Gasteiger partial charge in [0.25, 0.3) is 5.56 Å². The third-order valence-corrected chi connectivity index (χ3v) is 9.48. The molecule has 1 aliphatic heterocycles. The van der Waals surface area contributed by atoms with Crippen molar-refractivity contribution < 1.29 is 23.7 Å². The molecule has 1 aliphatic rings. The summed E-state index contributed by atoms with van der Waals surface area (Å²) in [5, 5.41) is 0.649. The second-order valence-corrected chi connectivity index (χ2v) is 13.0. The minimum atomic E-state index is -0.798. The van der Waals surface area contributed by atoms with Gasteiger partial charge in [-0.25, -0.2) is 9.79 Å². The Morgan fingerprint density at radius 2 is 1.73 bits per heavy atom. The van der Waals surface area contributed by atoms with E-state index in [9.17, 15) is 9.59 Å². The van der Waals surface area contributed by atoms with E-state index in [4.69, 9.17) is 35.5 Å². The van der Waals surface area contributed by atoms with Crippen molar-refractivity contribution >= 4 is 56.6 Å². The molecular formula is C37H30BrClN2O6S. The van der Waals surface area contributed by atoms with Crippen LogP contribution in [0.15, 0.2) is 111 Å². The van der Waals surface area contributed by atoms with Crippen LogP contribution in [0.5, 0.6) is 17.2 Å². The number of rotatable bonds is 10. The van der Waals surface area contributed by atoms with Crippen molar-refractivity contribution in [1.82, 2.24) is 4.57 Å². The Hall–Kier alpha value is -4.64. The number of carbonyl (C=O) groups is 1. The summed E-state index contributed by atoms with van der Waals surface area (Å²) in [6.07, 6.45) is 1.78. The Kier molecular flexibility index (Phi) is 10.1. The SMILES string of the molecule is CCOC(=O)C1=C(c2ccccc2)N=c2s/c(=C\c3cc(Br)c(OCc4ccc(Cl)cc4)c(OC)c3)c(=O)n2[C@H]1c1ccc(OC)cc1. The van der Waals surface area contributed by atoms with Crippen molar-refractivity contribution in [3.63, 3.8) is 0 Å². The van der Waals surface area contributed by atoms with E-state index in [1.807, 2.05) is 72.8 Å². The number of esters is 1. The molecule has 6 rings (SSSR count). The number of carbonyl (C=O) groups excluding carboxylic acids is 1. The number of fused-ring (bicyclic) bond motifs is 1. The zero-order valence-electron chi connectivity index (χ0n) is 26.2. The van der Waals surface area contributed by atoms with Gasteiger partial charge in [0, 0.05) is 10.6 Å². The van der Waals surface area contributed by atoms with E-state index < -0.39 is 12.0 Å². The Morgan fingerprint density at radius 3 is 2.40 bits per heavy atom. The molecule has 4 aromatic carbocycles. The average Bonchev–Trinajstić information content (AvgIpc) is 3.41. The molecule has 0 bridgehead atoms. The molecule has 48 heavy (non-hydrogen) atoms. The standard InChI is InChI=1S/C37H30BrClN2O6S/c1-4-46-36(43)31-32(24-8-6-5-7-9-24)40-37-41(33(31)25-12-16-27(44-2)17-13-25)35(42)30(48-37)20-23-18-28(38)34(29(19-23)45-3)47-21-22-10-14-26(39)15-11-22/h5-20,33H,4,21H2,1-3H3/b30-20-/t33-/m0/s1. The van der Waals surface area contributed by atoms with Crippen molar-refractivity contribution in [2.24, 2.45) is 4.99 Å². The Morgan fingerprint density at radius 1 is 1.00 bits per heavy atom. The van der Waals surface area contributed by atoms with Crippen LogP contribution in [0.2, 0.25) is 5.02 Å². The van der Waals surface area contributed by atoms with Gasteiger partial charge in [-0.1, -0.05) is 77.5 Å². The van der Waals surface area contributed by atoms with Crippen LogP contribution in [0.3, 0.4) is 0 Å². The van der Waals surface area contributed by atoms with Gasteiger partial charge in [-0.3, -0.25) is 9.36 Å². The van der Waals surface area contributed by atoms with E-state index in [0.29, 0.717) is 59.5 Å². The molecule has 1 aromatic heterocycles. The smallest absolute Gasteiger partial charge is 0.338 e. The van der Waals surface area contributed by atoms with Crippen molar-refractivity contribution in [2.45, 2.75) is 19.6 Å². The number of ether oxygens (including phenoxy) is 4. The minimum absolute atomic E-state index is 0.167. The molecule has 5 aromatic rings. The third-order valence-electron chi connectivity index (χ3n) is 7.65. The fraction of sp³-hybridized carbons (Fsp3) is 0.162. The van der Waals surface area contributed by atoms with Gasteiger partial charge in [0.1, 0.15) is 12.4 Å². The number of benzene rings is 4. The molecule has 244 valence electrons. The van der Waals surface area contributed by atoms with Crippen LogP contribution >= 0.6 is 38.9 Å². The van der Waals surface area contributed by atoms with E-state index in [1.54, 1.807) is 50.0 Å². The van der Waals surface area contributed by atoms with Crippen LogP contribution in [0, 0.1) is 0 Å². The zero-order valence-corrected chi connectivity index (χ0v) is 29.4. The first-order valence-electron chi connectivity index (χ1n) is 15.0. The summed E-state index contributed by atoms with van der Waals surface area (Å²) in [5.74, 6) is 1.12. The lowest BCUT2D eigenvalue weighted by molar-refractivity contribution is -0.138. The molecule has 0 saturated carbocycles. The third kappa shape index (κ3) is 6.82. The number of thiazole rings is 1. The highest BCUT2D eigenvalue weighted by Gasteiger charge is 2.35. The van der Waals surface area contributed by atoms with Crippen LogP contribution in [-0.2, 0) is 16.1 Å². The van der Waals surface area contributed by atoms with E-state index in [0.717, 1.165) is 11.1 Å². The Labute approximate surface area is 294 Å². The Balaban J connectivity index is 1.49. The topological polar surface area (TPSA) is 88.4 Å². The number of hydrogen-bond acceptors (Lipinski definition) is 8. The quantitative estimate of drug-likeness (QED) is 0.144. The first-order valence-corrected chi connectivity index (χ1v) is 17.0. The van der Waals surface area contributed by atoms with Gasteiger partial charge in [-0.2, -0.15) is 0 Å². The lowest BCUT2D eigenvalue weighted by atomic mass is 9.93. The molecule has 2 heterocycles. The molecule has 0 fully saturated rings.